The van der Waals surface area contributed by atoms with Crippen LogP contribution in [-0.4, -0.2) is 27.4 Å². The van der Waals surface area contributed by atoms with Gasteiger partial charge in [0.2, 0.25) is 0 Å². The fourth-order valence-electron chi connectivity index (χ4n) is 2.49. The number of nitrogens with one attached hydrogen (secondary N) is 1. The molecule has 3 aromatic rings. The highest BCUT2D eigenvalue weighted by atomic mass is 35.5. The summed E-state index contributed by atoms with van der Waals surface area (Å²) in [6.45, 7) is 3.68. The Labute approximate surface area is 155 Å². The van der Waals surface area contributed by atoms with Crippen molar-refractivity contribution in [1.82, 2.24) is 14.7 Å². The molecule has 0 aliphatic carbocycles. The molecule has 0 spiro atoms. The SMILES string of the molecule is Cc1cccc2nc(C(=O)O[C@@H](C)C(=O)NCc3ccccc3Cl)cn12. The largest absolute Gasteiger partial charge is 0.448 e. The average Bonchev–Trinajstić information content (AvgIpc) is 3.06. The van der Waals surface area contributed by atoms with E-state index in [-0.39, 0.29) is 12.2 Å². The number of amides is 1. The lowest BCUT2D eigenvalue weighted by atomic mass is 10.2. The molecule has 1 N–H and O–H groups in total. The molecule has 1 amide bonds. The molecule has 1 atom stereocenters. The van der Waals surface area contributed by atoms with Crippen LogP contribution >= 0.6 is 11.6 Å². The lowest BCUT2D eigenvalue weighted by molar-refractivity contribution is -0.129. The number of fused-ring (bicyclic) bond motifs is 1. The zero-order valence-corrected chi connectivity index (χ0v) is 15.2. The smallest absolute Gasteiger partial charge is 0.359 e. The van der Waals surface area contributed by atoms with Gasteiger partial charge < -0.3 is 14.5 Å². The molecule has 26 heavy (non-hydrogen) atoms. The van der Waals surface area contributed by atoms with Crippen LogP contribution < -0.4 is 5.32 Å². The van der Waals surface area contributed by atoms with Gasteiger partial charge in [0.05, 0.1) is 0 Å². The van der Waals surface area contributed by atoms with Crippen molar-refractivity contribution in [2.45, 2.75) is 26.5 Å². The number of rotatable bonds is 5. The fraction of sp³-hybridized carbons (Fsp3) is 0.211. The molecule has 0 unspecified atom stereocenters. The Morgan fingerprint density at radius 3 is 2.73 bits per heavy atom. The van der Waals surface area contributed by atoms with E-state index in [0.29, 0.717) is 10.7 Å². The second-order valence-electron chi connectivity index (χ2n) is 5.88. The standard InChI is InChI=1S/C19H18ClN3O3/c1-12-6-5-9-17-22-16(11-23(12)17)19(25)26-13(2)18(24)21-10-14-7-3-4-8-15(14)20/h3-9,11,13H,10H2,1-2H3,(H,21,24)/t13-/m0/s1. The third kappa shape index (κ3) is 3.86. The van der Waals surface area contributed by atoms with Gasteiger partial charge in [-0.3, -0.25) is 4.79 Å². The first-order chi connectivity index (χ1) is 12.5. The molecule has 2 aromatic heterocycles. The number of hydrogen-bond donors (Lipinski definition) is 1. The van der Waals surface area contributed by atoms with Gasteiger partial charge in [0.25, 0.3) is 5.91 Å². The van der Waals surface area contributed by atoms with Crippen molar-refractivity contribution in [1.29, 1.82) is 0 Å². The van der Waals surface area contributed by atoms with E-state index in [4.69, 9.17) is 16.3 Å². The van der Waals surface area contributed by atoms with Crippen LogP contribution in [0.15, 0.2) is 48.7 Å². The Bertz CT molecular complexity index is 968. The van der Waals surface area contributed by atoms with Crippen molar-refractivity contribution in [2.75, 3.05) is 0 Å². The van der Waals surface area contributed by atoms with Gasteiger partial charge in [0, 0.05) is 23.5 Å². The zero-order chi connectivity index (χ0) is 18.7. The molecular formula is C19H18ClN3O3. The monoisotopic (exact) mass is 371 g/mol. The first-order valence-corrected chi connectivity index (χ1v) is 8.50. The molecule has 6 nitrogen and oxygen atoms in total. The minimum Gasteiger partial charge on any atom is -0.448 e. The summed E-state index contributed by atoms with van der Waals surface area (Å²) in [7, 11) is 0. The lowest BCUT2D eigenvalue weighted by Crippen LogP contribution is -2.35. The summed E-state index contributed by atoms with van der Waals surface area (Å²) >= 11 is 6.06. The topological polar surface area (TPSA) is 72.7 Å². The second-order valence-corrected chi connectivity index (χ2v) is 6.29. The number of pyridine rings is 1. The van der Waals surface area contributed by atoms with Crippen molar-refractivity contribution in [3.05, 3.63) is 70.6 Å². The fourth-order valence-corrected chi connectivity index (χ4v) is 2.69. The second kappa shape index (κ2) is 7.58. The first-order valence-electron chi connectivity index (χ1n) is 8.12. The van der Waals surface area contributed by atoms with Gasteiger partial charge in [-0.1, -0.05) is 35.9 Å². The van der Waals surface area contributed by atoms with E-state index < -0.39 is 18.0 Å². The van der Waals surface area contributed by atoms with Gasteiger partial charge in [-0.15, -0.1) is 0 Å². The van der Waals surface area contributed by atoms with Gasteiger partial charge in [-0.2, -0.15) is 0 Å². The van der Waals surface area contributed by atoms with Crippen molar-refractivity contribution < 1.29 is 14.3 Å². The van der Waals surface area contributed by atoms with Crippen LogP contribution in [-0.2, 0) is 16.1 Å². The molecule has 0 radical (unpaired) electrons. The number of carbonyl (C=O) groups excluding carboxylic acids is 2. The molecule has 7 heteroatoms. The van der Waals surface area contributed by atoms with Crippen LogP contribution in [0.25, 0.3) is 5.65 Å². The van der Waals surface area contributed by atoms with Crippen molar-refractivity contribution >= 4 is 29.1 Å². The number of carbonyl (C=O) groups is 2. The van der Waals surface area contributed by atoms with Gasteiger partial charge >= 0.3 is 5.97 Å². The Kier molecular flexibility index (Phi) is 5.23. The minimum absolute atomic E-state index is 0.157. The highest BCUT2D eigenvalue weighted by Gasteiger charge is 2.21. The van der Waals surface area contributed by atoms with Gasteiger partial charge in [0.1, 0.15) is 5.65 Å². The maximum Gasteiger partial charge on any atom is 0.359 e. The highest BCUT2D eigenvalue weighted by molar-refractivity contribution is 6.31. The minimum atomic E-state index is -0.948. The summed E-state index contributed by atoms with van der Waals surface area (Å²) in [6, 6.07) is 12.8. The van der Waals surface area contributed by atoms with E-state index in [0.717, 1.165) is 11.3 Å². The molecule has 1 aromatic carbocycles. The molecule has 0 saturated heterocycles. The van der Waals surface area contributed by atoms with E-state index in [1.54, 1.807) is 22.7 Å². The van der Waals surface area contributed by atoms with Crippen LogP contribution in [0.4, 0.5) is 0 Å². The molecule has 134 valence electrons. The Morgan fingerprint density at radius 1 is 1.23 bits per heavy atom. The Hall–Kier alpha value is -2.86. The number of aromatic nitrogens is 2. The van der Waals surface area contributed by atoms with E-state index in [1.165, 1.54) is 6.92 Å². The van der Waals surface area contributed by atoms with E-state index in [9.17, 15) is 9.59 Å². The van der Waals surface area contributed by atoms with Gasteiger partial charge in [-0.05, 0) is 37.6 Å². The number of ether oxygens (including phenoxy) is 1. The number of benzene rings is 1. The number of esters is 1. The molecule has 0 saturated carbocycles. The van der Waals surface area contributed by atoms with Crippen LogP contribution in [0.3, 0.4) is 0 Å². The number of hydrogen-bond acceptors (Lipinski definition) is 4. The third-order valence-electron chi connectivity index (χ3n) is 3.97. The molecule has 2 heterocycles. The number of imidazole rings is 1. The Balaban J connectivity index is 1.61. The third-order valence-corrected chi connectivity index (χ3v) is 4.34. The van der Waals surface area contributed by atoms with Crippen molar-refractivity contribution in [2.24, 2.45) is 0 Å². The number of nitrogens with zero attached hydrogens (tertiary/aromatic N) is 2. The van der Waals surface area contributed by atoms with Crippen LogP contribution in [0, 0.1) is 6.92 Å². The summed E-state index contributed by atoms with van der Waals surface area (Å²) in [4.78, 5) is 28.7. The first kappa shape index (κ1) is 17.9. The van der Waals surface area contributed by atoms with Crippen molar-refractivity contribution in [3.8, 4) is 0 Å². The molecule has 0 aliphatic heterocycles. The Morgan fingerprint density at radius 2 is 2.00 bits per heavy atom. The molecular weight excluding hydrogens is 354 g/mol. The summed E-state index contributed by atoms with van der Waals surface area (Å²) in [5.41, 5.74) is 2.54. The molecule has 0 fully saturated rings. The van der Waals surface area contributed by atoms with Gasteiger partial charge in [0.15, 0.2) is 11.8 Å². The normalized spacial score (nSPS) is 12.0. The lowest BCUT2D eigenvalue weighted by Gasteiger charge is -2.13. The van der Waals surface area contributed by atoms with E-state index in [2.05, 4.69) is 10.3 Å². The average molecular weight is 372 g/mol. The maximum atomic E-state index is 12.3. The van der Waals surface area contributed by atoms with Crippen LogP contribution in [0.5, 0.6) is 0 Å². The molecule has 0 bridgehead atoms. The maximum absolute atomic E-state index is 12.3. The number of halogens is 1. The summed E-state index contributed by atoms with van der Waals surface area (Å²) in [6.07, 6.45) is 0.650. The predicted molar refractivity (Wildman–Crippen MR) is 98.1 cm³/mol. The van der Waals surface area contributed by atoms with Gasteiger partial charge in [-0.25, -0.2) is 9.78 Å². The highest BCUT2D eigenvalue weighted by Crippen LogP contribution is 2.14. The van der Waals surface area contributed by atoms with Crippen LogP contribution in [0.1, 0.15) is 28.7 Å². The molecule has 3 rings (SSSR count). The zero-order valence-electron chi connectivity index (χ0n) is 14.4. The quantitative estimate of drug-likeness (QED) is 0.699. The van der Waals surface area contributed by atoms with Crippen molar-refractivity contribution in [3.63, 3.8) is 0 Å². The summed E-state index contributed by atoms with van der Waals surface area (Å²) in [5.74, 6) is -1.05. The van der Waals surface area contributed by atoms with E-state index in [1.807, 2.05) is 37.3 Å². The number of aryl methyl sites for hydroxylation is 1. The summed E-state index contributed by atoms with van der Waals surface area (Å²) in [5, 5.41) is 3.27. The van der Waals surface area contributed by atoms with Crippen LogP contribution in [0.2, 0.25) is 5.02 Å². The van der Waals surface area contributed by atoms with E-state index >= 15 is 0 Å². The molecule has 0 aliphatic rings. The predicted octanol–water partition coefficient (Wildman–Crippen LogP) is 3.16. The summed E-state index contributed by atoms with van der Waals surface area (Å²) < 4.78 is 7.02.